The maximum absolute atomic E-state index is 13.1. The van der Waals surface area contributed by atoms with Gasteiger partial charge in [0, 0.05) is 17.6 Å². The van der Waals surface area contributed by atoms with Gasteiger partial charge in [-0.05, 0) is 56.7 Å². The average Bonchev–Trinajstić information content (AvgIpc) is 3.49. The van der Waals surface area contributed by atoms with Crippen LogP contribution in [0.4, 0.5) is 13.2 Å². The molecule has 0 heterocycles. The number of rotatable bonds is 11. The van der Waals surface area contributed by atoms with Gasteiger partial charge < -0.3 is 9.64 Å². The van der Waals surface area contributed by atoms with E-state index in [4.69, 9.17) is 4.74 Å². The summed E-state index contributed by atoms with van der Waals surface area (Å²) >= 11 is 0. The first-order valence-corrected chi connectivity index (χ1v) is 9.84. The predicted molar refractivity (Wildman–Crippen MR) is 100 cm³/mol. The molecule has 0 bridgehead atoms. The van der Waals surface area contributed by atoms with E-state index in [0.29, 0.717) is 25.1 Å². The van der Waals surface area contributed by atoms with Crippen molar-refractivity contribution in [2.24, 2.45) is 0 Å². The molecule has 1 aliphatic rings. The SMILES string of the molecule is CCCC(CCCOC=O)N(C(=O)c1ccc(C(C)C(F)(F)F)cc1)C1CC1. The molecule has 1 aliphatic carbocycles. The summed E-state index contributed by atoms with van der Waals surface area (Å²) in [5.41, 5.74) is 0.563. The minimum absolute atomic E-state index is 0.0361. The number of hydrogen-bond donors (Lipinski definition) is 0. The molecule has 1 saturated carbocycles. The van der Waals surface area contributed by atoms with Crippen molar-refractivity contribution >= 4 is 12.4 Å². The van der Waals surface area contributed by atoms with Gasteiger partial charge in [-0.3, -0.25) is 9.59 Å². The normalized spacial score (nSPS) is 16.3. The van der Waals surface area contributed by atoms with Gasteiger partial charge in [0.15, 0.2) is 0 Å². The molecule has 1 aromatic rings. The Hall–Kier alpha value is -2.05. The van der Waals surface area contributed by atoms with Crippen LogP contribution in [0.2, 0.25) is 0 Å². The summed E-state index contributed by atoms with van der Waals surface area (Å²) in [7, 11) is 0. The summed E-state index contributed by atoms with van der Waals surface area (Å²) in [6.07, 6.45) is 0.737. The molecule has 0 aromatic heterocycles. The van der Waals surface area contributed by atoms with Crippen molar-refractivity contribution in [3.63, 3.8) is 0 Å². The molecule has 0 spiro atoms. The number of carbonyl (C=O) groups excluding carboxylic acids is 2. The topological polar surface area (TPSA) is 46.6 Å². The maximum Gasteiger partial charge on any atom is 0.395 e. The summed E-state index contributed by atoms with van der Waals surface area (Å²) < 4.78 is 43.4. The van der Waals surface area contributed by atoms with Crippen LogP contribution in [0.1, 0.15) is 74.2 Å². The molecule has 2 atom stereocenters. The first kappa shape index (κ1) is 22.2. The van der Waals surface area contributed by atoms with E-state index in [-0.39, 0.29) is 23.6 Å². The minimum Gasteiger partial charge on any atom is -0.468 e. The largest absolute Gasteiger partial charge is 0.468 e. The third-order valence-corrected chi connectivity index (χ3v) is 5.21. The van der Waals surface area contributed by atoms with Crippen LogP contribution in [0.3, 0.4) is 0 Å². The Morgan fingerprint density at radius 1 is 1.25 bits per heavy atom. The second kappa shape index (κ2) is 9.94. The molecule has 1 aromatic carbocycles. The Kier molecular flexibility index (Phi) is 7.89. The fourth-order valence-corrected chi connectivity index (χ4v) is 3.44. The molecule has 28 heavy (non-hydrogen) atoms. The molecule has 1 fully saturated rings. The molecule has 0 radical (unpaired) electrons. The smallest absolute Gasteiger partial charge is 0.395 e. The third kappa shape index (κ3) is 5.97. The standard InChI is InChI=1S/C21H28F3NO3/c1-3-5-18(6-4-13-28-14-26)25(19-11-12-19)20(27)17-9-7-16(8-10-17)15(2)21(22,23)24/h7-10,14-15,18-19H,3-6,11-13H2,1-2H3. The lowest BCUT2D eigenvalue weighted by molar-refractivity contribution is -0.146. The van der Waals surface area contributed by atoms with Crippen LogP contribution in [-0.4, -0.2) is 42.1 Å². The number of nitrogens with zero attached hydrogens (tertiary/aromatic N) is 1. The summed E-state index contributed by atoms with van der Waals surface area (Å²) in [5.74, 6) is -1.70. The van der Waals surface area contributed by atoms with Crippen LogP contribution < -0.4 is 0 Å². The number of ether oxygens (including phenoxy) is 1. The number of carbonyl (C=O) groups is 2. The van der Waals surface area contributed by atoms with E-state index >= 15 is 0 Å². The summed E-state index contributed by atoms with van der Waals surface area (Å²) in [6.45, 7) is 3.91. The van der Waals surface area contributed by atoms with Gasteiger partial charge >= 0.3 is 6.18 Å². The van der Waals surface area contributed by atoms with E-state index in [9.17, 15) is 22.8 Å². The van der Waals surface area contributed by atoms with E-state index in [1.54, 1.807) is 0 Å². The van der Waals surface area contributed by atoms with Crippen LogP contribution in [0.25, 0.3) is 0 Å². The van der Waals surface area contributed by atoms with Crippen molar-refractivity contribution in [1.29, 1.82) is 0 Å². The summed E-state index contributed by atoms with van der Waals surface area (Å²) in [5, 5.41) is 0. The number of benzene rings is 1. The van der Waals surface area contributed by atoms with Gasteiger partial charge in [0.2, 0.25) is 0 Å². The van der Waals surface area contributed by atoms with Gasteiger partial charge in [-0.2, -0.15) is 13.2 Å². The van der Waals surface area contributed by atoms with Gasteiger partial charge in [-0.15, -0.1) is 0 Å². The first-order chi connectivity index (χ1) is 13.3. The lowest BCUT2D eigenvalue weighted by Gasteiger charge is -2.32. The molecule has 156 valence electrons. The van der Waals surface area contributed by atoms with E-state index in [1.165, 1.54) is 24.3 Å². The van der Waals surface area contributed by atoms with Gasteiger partial charge in [0.05, 0.1) is 12.5 Å². The van der Waals surface area contributed by atoms with Crippen molar-refractivity contribution in [2.45, 2.75) is 76.6 Å². The Morgan fingerprint density at radius 2 is 1.89 bits per heavy atom. The lowest BCUT2D eigenvalue weighted by Crippen LogP contribution is -2.42. The quantitative estimate of drug-likeness (QED) is 0.385. The van der Waals surface area contributed by atoms with E-state index < -0.39 is 12.1 Å². The predicted octanol–water partition coefficient (Wildman–Crippen LogP) is 5.08. The Morgan fingerprint density at radius 3 is 2.39 bits per heavy atom. The van der Waals surface area contributed by atoms with Gasteiger partial charge in [-0.1, -0.05) is 25.5 Å². The molecule has 4 nitrogen and oxygen atoms in total. The molecule has 7 heteroatoms. The van der Waals surface area contributed by atoms with Crippen LogP contribution in [0, 0.1) is 0 Å². The molecular weight excluding hydrogens is 371 g/mol. The molecule has 2 rings (SSSR count). The highest BCUT2D eigenvalue weighted by molar-refractivity contribution is 5.95. The van der Waals surface area contributed by atoms with Crippen molar-refractivity contribution in [1.82, 2.24) is 4.90 Å². The highest BCUT2D eigenvalue weighted by Gasteiger charge is 2.38. The maximum atomic E-state index is 13.1. The summed E-state index contributed by atoms with van der Waals surface area (Å²) in [6, 6.07) is 5.99. The zero-order chi connectivity index (χ0) is 20.7. The van der Waals surface area contributed by atoms with Crippen molar-refractivity contribution in [3.05, 3.63) is 35.4 Å². The lowest BCUT2D eigenvalue weighted by atomic mass is 9.98. The molecule has 2 unspecified atom stereocenters. The Bertz CT molecular complexity index is 641. The zero-order valence-electron chi connectivity index (χ0n) is 16.4. The zero-order valence-corrected chi connectivity index (χ0v) is 16.4. The second-order valence-corrected chi connectivity index (χ2v) is 7.38. The fourth-order valence-electron chi connectivity index (χ4n) is 3.44. The van der Waals surface area contributed by atoms with Crippen LogP contribution >= 0.6 is 0 Å². The van der Waals surface area contributed by atoms with Gasteiger partial charge in [0.1, 0.15) is 0 Å². The molecule has 1 amide bonds. The molecule has 0 saturated heterocycles. The van der Waals surface area contributed by atoms with Crippen LogP contribution in [-0.2, 0) is 9.53 Å². The minimum atomic E-state index is -4.30. The highest BCUT2D eigenvalue weighted by atomic mass is 19.4. The highest BCUT2D eigenvalue weighted by Crippen LogP contribution is 2.35. The Labute approximate surface area is 164 Å². The monoisotopic (exact) mass is 399 g/mol. The van der Waals surface area contributed by atoms with Crippen LogP contribution in [0.15, 0.2) is 24.3 Å². The number of hydrogen-bond acceptors (Lipinski definition) is 3. The molecule has 0 aliphatic heterocycles. The van der Waals surface area contributed by atoms with Crippen molar-refractivity contribution in [2.75, 3.05) is 6.61 Å². The van der Waals surface area contributed by atoms with E-state index in [1.807, 2.05) is 4.90 Å². The number of alkyl halides is 3. The number of halogens is 3. The fraction of sp³-hybridized carbons (Fsp3) is 0.619. The van der Waals surface area contributed by atoms with Gasteiger partial charge in [-0.25, -0.2) is 0 Å². The first-order valence-electron chi connectivity index (χ1n) is 9.84. The van der Waals surface area contributed by atoms with Crippen LogP contribution in [0.5, 0.6) is 0 Å². The summed E-state index contributed by atoms with van der Waals surface area (Å²) in [4.78, 5) is 25.3. The van der Waals surface area contributed by atoms with E-state index in [0.717, 1.165) is 39.0 Å². The molecule has 0 N–H and O–H groups in total. The van der Waals surface area contributed by atoms with Crippen molar-refractivity contribution in [3.8, 4) is 0 Å². The van der Waals surface area contributed by atoms with Gasteiger partial charge in [0.25, 0.3) is 12.4 Å². The van der Waals surface area contributed by atoms with E-state index in [2.05, 4.69) is 6.92 Å². The molecular formula is C21H28F3NO3. The Balaban J connectivity index is 2.13. The average molecular weight is 399 g/mol. The number of amides is 1. The third-order valence-electron chi connectivity index (χ3n) is 5.21. The second-order valence-electron chi connectivity index (χ2n) is 7.38. The van der Waals surface area contributed by atoms with Crippen molar-refractivity contribution < 1.29 is 27.5 Å².